The Labute approximate surface area is 149 Å². The molecule has 1 amide bonds. The van der Waals surface area contributed by atoms with E-state index in [2.05, 4.69) is 10.3 Å². The van der Waals surface area contributed by atoms with Gasteiger partial charge in [-0.1, -0.05) is 26.8 Å². The first-order valence-corrected chi connectivity index (χ1v) is 8.38. The number of carbonyl (C=O) groups excluding carboxylic acids is 1. The Morgan fingerprint density at radius 2 is 2.04 bits per heavy atom. The molecule has 0 bridgehead atoms. The fourth-order valence-electron chi connectivity index (χ4n) is 2.66. The number of benzene rings is 1. The molecule has 0 saturated carbocycles. The zero-order valence-corrected chi connectivity index (χ0v) is 15.2. The second-order valence-corrected chi connectivity index (χ2v) is 7.03. The summed E-state index contributed by atoms with van der Waals surface area (Å²) < 4.78 is 5.40. The highest BCUT2D eigenvalue weighted by Crippen LogP contribution is 2.30. The first kappa shape index (κ1) is 18.9. The SMILES string of the molecule is COc1ccc(C(=O)NC(CCO)C(C)(C)C)cc1-c1ccccn1. The van der Waals surface area contributed by atoms with Gasteiger partial charge in [0.15, 0.2) is 0 Å². The van der Waals surface area contributed by atoms with E-state index in [4.69, 9.17) is 4.74 Å². The van der Waals surface area contributed by atoms with Crippen molar-refractivity contribution in [1.29, 1.82) is 0 Å². The van der Waals surface area contributed by atoms with Crippen molar-refractivity contribution in [3.8, 4) is 17.0 Å². The highest BCUT2D eigenvalue weighted by Gasteiger charge is 2.26. The lowest BCUT2D eigenvalue weighted by Crippen LogP contribution is -2.44. The van der Waals surface area contributed by atoms with E-state index >= 15 is 0 Å². The average Bonchev–Trinajstić information content (AvgIpc) is 2.60. The Balaban J connectivity index is 2.32. The van der Waals surface area contributed by atoms with Gasteiger partial charge < -0.3 is 15.2 Å². The van der Waals surface area contributed by atoms with Crippen molar-refractivity contribution in [2.24, 2.45) is 5.41 Å². The molecule has 2 aromatic rings. The van der Waals surface area contributed by atoms with E-state index in [0.717, 1.165) is 11.3 Å². The number of aliphatic hydroxyl groups excluding tert-OH is 1. The van der Waals surface area contributed by atoms with Crippen LogP contribution in [0.2, 0.25) is 0 Å². The van der Waals surface area contributed by atoms with E-state index in [-0.39, 0.29) is 24.0 Å². The predicted molar refractivity (Wildman–Crippen MR) is 98.6 cm³/mol. The molecular weight excluding hydrogens is 316 g/mol. The lowest BCUT2D eigenvalue weighted by Gasteiger charge is -2.31. The van der Waals surface area contributed by atoms with Gasteiger partial charge in [-0.2, -0.15) is 0 Å². The molecule has 0 spiro atoms. The van der Waals surface area contributed by atoms with Crippen LogP contribution < -0.4 is 10.1 Å². The number of aliphatic hydroxyl groups is 1. The average molecular weight is 342 g/mol. The number of nitrogens with zero attached hydrogens (tertiary/aromatic N) is 1. The maximum atomic E-state index is 12.7. The van der Waals surface area contributed by atoms with Crippen molar-refractivity contribution in [2.45, 2.75) is 33.2 Å². The number of amides is 1. The van der Waals surface area contributed by atoms with Gasteiger partial charge in [0.2, 0.25) is 0 Å². The van der Waals surface area contributed by atoms with E-state index < -0.39 is 0 Å². The van der Waals surface area contributed by atoms with Gasteiger partial charge in [0.25, 0.3) is 5.91 Å². The number of pyridine rings is 1. The van der Waals surface area contributed by atoms with Crippen LogP contribution in [-0.4, -0.2) is 35.8 Å². The van der Waals surface area contributed by atoms with Crippen LogP contribution >= 0.6 is 0 Å². The topological polar surface area (TPSA) is 71.5 Å². The third-order valence-electron chi connectivity index (χ3n) is 4.17. The van der Waals surface area contributed by atoms with Gasteiger partial charge in [0.1, 0.15) is 5.75 Å². The number of hydrogen-bond donors (Lipinski definition) is 2. The molecule has 0 fully saturated rings. The van der Waals surface area contributed by atoms with Gasteiger partial charge >= 0.3 is 0 Å². The Hall–Kier alpha value is -2.40. The monoisotopic (exact) mass is 342 g/mol. The number of nitrogens with one attached hydrogen (secondary N) is 1. The lowest BCUT2D eigenvalue weighted by atomic mass is 9.84. The van der Waals surface area contributed by atoms with E-state index in [0.29, 0.717) is 17.7 Å². The molecule has 2 N–H and O–H groups in total. The molecule has 0 aliphatic heterocycles. The normalized spacial score (nSPS) is 12.5. The minimum atomic E-state index is -0.173. The van der Waals surface area contributed by atoms with Gasteiger partial charge in [-0.15, -0.1) is 0 Å². The number of hydrogen-bond acceptors (Lipinski definition) is 4. The van der Waals surface area contributed by atoms with E-state index in [1.165, 1.54) is 0 Å². The Morgan fingerprint density at radius 3 is 2.60 bits per heavy atom. The molecule has 1 atom stereocenters. The molecule has 0 aliphatic carbocycles. The molecule has 1 aromatic heterocycles. The van der Waals surface area contributed by atoms with Crippen LogP contribution in [0.15, 0.2) is 42.6 Å². The molecule has 5 nitrogen and oxygen atoms in total. The quantitative estimate of drug-likeness (QED) is 0.845. The van der Waals surface area contributed by atoms with Crippen molar-refractivity contribution in [3.63, 3.8) is 0 Å². The summed E-state index contributed by atoms with van der Waals surface area (Å²) in [6.07, 6.45) is 2.22. The maximum Gasteiger partial charge on any atom is 0.251 e. The second-order valence-electron chi connectivity index (χ2n) is 7.03. The van der Waals surface area contributed by atoms with Crippen LogP contribution in [-0.2, 0) is 0 Å². The van der Waals surface area contributed by atoms with Crippen LogP contribution in [0, 0.1) is 5.41 Å². The zero-order chi connectivity index (χ0) is 18.4. The molecule has 25 heavy (non-hydrogen) atoms. The Morgan fingerprint density at radius 1 is 1.28 bits per heavy atom. The molecule has 0 aliphatic rings. The minimum absolute atomic E-state index is 0.0318. The van der Waals surface area contributed by atoms with Crippen LogP contribution in [0.3, 0.4) is 0 Å². The zero-order valence-electron chi connectivity index (χ0n) is 15.2. The molecule has 0 saturated heterocycles. The third kappa shape index (κ3) is 4.79. The Kier molecular flexibility index (Phi) is 6.15. The van der Waals surface area contributed by atoms with E-state index in [1.54, 1.807) is 31.5 Å². The highest BCUT2D eigenvalue weighted by molar-refractivity contribution is 5.96. The molecule has 0 radical (unpaired) electrons. The van der Waals surface area contributed by atoms with Crippen LogP contribution in [0.5, 0.6) is 5.75 Å². The van der Waals surface area contributed by atoms with E-state index in [1.807, 2.05) is 39.0 Å². The summed E-state index contributed by atoms with van der Waals surface area (Å²) in [6, 6.07) is 10.8. The fourth-order valence-corrected chi connectivity index (χ4v) is 2.66. The maximum absolute atomic E-state index is 12.7. The molecule has 1 unspecified atom stereocenters. The summed E-state index contributed by atoms with van der Waals surface area (Å²) in [4.78, 5) is 17.0. The van der Waals surface area contributed by atoms with Crippen molar-refractivity contribution in [3.05, 3.63) is 48.2 Å². The first-order chi connectivity index (χ1) is 11.9. The number of carbonyl (C=O) groups is 1. The number of methoxy groups -OCH3 is 1. The van der Waals surface area contributed by atoms with Crippen LogP contribution in [0.4, 0.5) is 0 Å². The number of ether oxygens (including phenoxy) is 1. The molecule has 1 heterocycles. The summed E-state index contributed by atoms with van der Waals surface area (Å²) in [5, 5.41) is 12.3. The molecule has 1 aromatic carbocycles. The van der Waals surface area contributed by atoms with Gasteiger partial charge in [0.05, 0.1) is 12.8 Å². The summed E-state index contributed by atoms with van der Waals surface area (Å²) in [7, 11) is 1.60. The van der Waals surface area contributed by atoms with E-state index in [9.17, 15) is 9.90 Å². The standard InChI is InChI=1S/C20H26N2O3/c1-20(2,3)18(10-12-23)22-19(24)14-8-9-17(25-4)15(13-14)16-7-5-6-11-21-16/h5-9,11,13,18,23H,10,12H2,1-4H3,(H,22,24). The number of aromatic nitrogens is 1. The smallest absolute Gasteiger partial charge is 0.251 e. The van der Waals surface area contributed by atoms with Crippen molar-refractivity contribution < 1.29 is 14.6 Å². The summed E-state index contributed by atoms with van der Waals surface area (Å²) >= 11 is 0. The highest BCUT2D eigenvalue weighted by atomic mass is 16.5. The summed E-state index contributed by atoms with van der Waals surface area (Å²) in [6.45, 7) is 6.16. The van der Waals surface area contributed by atoms with Gasteiger partial charge in [-0.25, -0.2) is 0 Å². The predicted octanol–water partition coefficient (Wildman–Crippen LogP) is 3.28. The summed E-state index contributed by atoms with van der Waals surface area (Å²) in [5.41, 5.74) is 1.91. The fraction of sp³-hybridized carbons (Fsp3) is 0.400. The summed E-state index contributed by atoms with van der Waals surface area (Å²) in [5.74, 6) is 0.492. The number of rotatable bonds is 6. The van der Waals surface area contributed by atoms with Crippen LogP contribution in [0.1, 0.15) is 37.6 Å². The van der Waals surface area contributed by atoms with Gasteiger partial charge in [-0.05, 0) is 42.2 Å². The largest absolute Gasteiger partial charge is 0.496 e. The van der Waals surface area contributed by atoms with Crippen molar-refractivity contribution in [1.82, 2.24) is 10.3 Å². The third-order valence-corrected chi connectivity index (χ3v) is 4.17. The molecular formula is C20H26N2O3. The molecule has 2 rings (SSSR count). The Bertz CT molecular complexity index is 709. The first-order valence-electron chi connectivity index (χ1n) is 8.38. The second kappa shape index (κ2) is 8.12. The van der Waals surface area contributed by atoms with Crippen molar-refractivity contribution in [2.75, 3.05) is 13.7 Å². The lowest BCUT2D eigenvalue weighted by molar-refractivity contribution is 0.0885. The minimum Gasteiger partial charge on any atom is -0.496 e. The van der Waals surface area contributed by atoms with Crippen LogP contribution in [0.25, 0.3) is 11.3 Å². The molecule has 5 heteroatoms. The van der Waals surface area contributed by atoms with Crippen molar-refractivity contribution >= 4 is 5.91 Å². The molecule has 134 valence electrons. The van der Waals surface area contributed by atoms with Gasteiger partial charge in [-0.3, -0.25) is 9.78 Å². The van der Waals surface area contributed by atoms with Gasteiger partial charge in [0, 0.05) is 30.0 Å².